The highest BCUT2D eigenvalue weighted by molar-refractivity contribution is 5.94. The molecule has 1 aromatic heterocycles. The molecule has 0 aliphatic rings. The number of amides is 1. The quantitative estimate of drug-likeness (QED) is 0.916. The number of hydrogen-bond acceptors (Lipinski definition) is 4. The number of carbonyl (C=O) groups is 1. The third kappa shape index (κ3) is 3.19. The lowest BCUT2D eigenvalue weighted by Crippen LogP contribution is -2.32. The van der Waals surface area contributed by atoms with E-state index in [2.05, 4.69) is 15.5 Å². The monoisotopic (exact) mass is 259 g/mol. The fraction of sp³-hybridized carbons (Fsp3) is 0.357. The summed E-state index contributed by atoms with van der Waals surface area (Å²) in [7, 11) is 0. The molecular weight excluding hydrogens is 242 g/mol. The van der Waals surface area contributed by atoms with Gasteiger partial charge in [0.15, 0.2) is 5.82 Å². The number of carbonyl (C=O) groups excluding carboxylic acids is 1. The van der Waals surface area contributed by atoms with Crippen molar-refractivity contribution in [2.24, 2.45) is 5.92 Å². The molecule has 0 fully saturated rings. The predicted octanol–water partition coefficient (Wildman–Crippen LogP) is 2.51. The van der Waals surface area contributed by atoms with Crippen molar-refractivity contribution in [1.82, 2.24) is 15.5 Å². The van der Waals surface area contributed by atoms with Gasteiger partial charge in [0.1, 0.15) is 6.04 Å². The SMILES string of the molecule is Cc1noc([C@@H](NC(=O)c2ccccc2)C(C)C)n1. The molecule has 0 aliphatic heterocycles. The smallest absolute Gasteiger partial charge is 0.251 e. The Balaban J connectivity index is 2.16. The standard InChI is InChI=1S/C14H17N3O2/c1-9(2)12(14-15-10(3)17-19-14)16-13(18)11-7-5-4-6-8-11/h4-9,12H,1-3H3,(H,16,18)/t12-/m0/s1. The summed E-state index contributed by atoms with van der Waals surface area (Å²) in [5.74, 6) is 1.02. The number of nitrogens with zero attached hydrogens (tertiary/aromatic N) is 2. The molecule has 19 heavy (non-hydrogen) atoms. The van der Waals surface area contributed by atoms with Crippen molar-refractivity contribution in [3.8, 4) is 0 Å². The van der Waals surface area contributed by atoms with Crippen LogP contribution in [-0.4, -0.2) is 16.0 Å². The summed E-state index contributed by atoms with van der Waals surface area (Å²) in [6, 6.07) is 8.79. The Kier molecular flexibility index (Phi) is 3.94. The molecule has 1 N–H and O–H groups in total. The Morgan fingerprint density at radius 1 is 1.26 bits per heavy atom. The molecule has 0 saturated heterocycles. The molecule has 0 saturated carbocycles. The van der Waals surface area contributed by atoms with Gasteiger partial charge in [-0.1, -0.05) is 37.2 Å². The normalized spacial score (nSPS) is 12.4. The fourth-order valence-corrected chi connectivity index (χ4v) is 1.77. The van der Waals surface area contributed by atoms with Crippen LogP contribution in [0.3, 0.4) is 0 Å². The van der Waals surface area contributed by atoms with Crippen molar-refractivity contribution in [3.05, 3.63) is 47.6 Å². The first-order valence-corrected chi connectivity index (χ1v) is 6.24. The van der Waals surface area contributed by atoms with Crippen LogP contribution in [0, 0.1) is 12.8 Å². The van der Waals surface area contributed by atoms with E-state index in [0.29, 0.717) is 17.3 Å². The van der Waals surface area contributed by atoms with E-state index < -0.39 is 0 Å². The first kappa shape index (κ1) is 13.3. The summed E-state index contributed by atoms with van der Waals surface area (Å²) in [4.78, 5) is 16.3. The second kappa shape index (κ2) is 5.65. The summed E-state index contributed by atoms with van der Waals surface area (Å²) >= 11 is 0. The number of aromatic nitrogens is 2. The van der Waals surface area contributed by atoms with Gasteiger partial charge < -0.3 is 9.84 Å². The number of aryl methyl sites for hydroxylation is 1. The number of rotatable bonds is 4. The highest BCUT2D eigenvalue weighted by Gasteiger charge is 2.24. The maximum atomic E-state index is 12.1. The summed E-state index contributed by atoms with van der Waals surface area (Å²) in [6.07, 6.45) is 0. The largest absolute Gasteiger partial charge is 0.340 e. The Morgan fingerprint density at radius 2 is 1.95 bits per heavy atom. The summed E-state index contributed by atoms with van der Waals surface area (Å²) in [5, 5.41) is 6.69. The molecule has 0 spiro atoms. The van der Waals surface area contributed by atoms with Gasteiger partial charge in [0, 0.05) is 5.56 Å². The van der Waals surface area contributed by atoms with Crippen LogP contribution >= 0.6 is 0 Å². The lowest BCUT2D eigenvalue weighted by Gasteiger charge is -2.18. The highest BCUT2D eigenvalue weighted by Crippen LogP contribution is 2.20. The van der Waals surface area contributed by atoms with Gasteiger partial charge in [-0.2, -0.15) is 4.98 Å². The van der Waals surface area contributed by atoms with E-state index in [1.807, 2.05) is 32.0 Å². The number of nitrogens with one attached hydrogen (secondary N) is 1. The van der Waals surface area contributed by atoms with Crippen LogP contribution in [0.2, 0.25) is 0 Å². The van der Waals surface area contributed by atoms with Crippen LogP contribution in [0.25, 0.3) is 0 Å². The molecule has 1 atom stereocenters. The number of benzene rings is 1. The number of hydrogen-bond donors (Lipinski definition) is 1. The third-order valence-corrected chi connectivity index (χ3v) is 2.80. The average molecular weight is 259 g/mol. The van der Waals surface area contributed by atoms with Crippen LogP contribution in [-0.2, 0) is 0 Å². The van der Waals surface area contributed by atoms with E-state index >= 15 is 0 Å². The topological polar surface area (TPSA) is 68.0 Å². The molecule has 0 unspecified atom stereocenters. The van der Waals surface area contributed by atoms with Gasteiger partial charge in [-0.15, -0.1) is 0 Å². The van der Waals surface area contributed by atoms with Gasteiger partial charge in [-0.25, -0.2) is 0 Å². The van der Waals surface area contributed by atoms with Crippen molar-refractivity contribution in [2.45, 2.75) is 26.8 Å². The zero-order valence-corrected chi connectivity index (χ0v) is 11.3. The van der Waals surface area contributed by atoms with Gasteiger partial charge in [-0.05, 0) is 25.0 Å². The van der Waals surface area contributed by atoms with Gasteiger partial charge in [-0.3, -0.25) is 4.79 Å². The van der Waals surface area contributed by atoms with E-state index in [1.165, 1.54) is 0 Å². The minimum Gasteiger partial charge on any atom is -0.340 e. The molecule has 0 aliphatic carbocycles. The molecule has 2 aromatic rings. The first-order chi connectivity index (χ1) is 9.08. The van der Waals surface area contributed by atoms with Crippen LogP contribution in [0.15, 0.2) is 34.9 Å². The Hall–Kier alpha value is -2.17. The Morgan fingerprint density at radius 3 is 2.47 bits per heavy atom. The third-order valence-electron chi connectivity index (χ3n) is 2.80. The molecule has 1 heterocycles. The highest BCUT2D eigenvalue weighted by atomic mass is 16.5. The molecule has 1 amide bonds. The van der Waals surface area contributed by atoms with E-state index in [0.717, 1.165) is 0 Å². The first-order valence-electron chi connectivity index (χ1n) is 6.24. The lowest BCUT2D eigenvalue weighted by atomic mass is 10.0. The zero-order valence-electron chi connectivity index (χ0n) is 11.3. The molecular formula is C14H17N3O2. The minimum absolute atomic E-state index is 0.143. The van der Waals surface area contributed by atoms with Gasteiger partial charge in [0.05, 0.1) is 0 Å². The van der Waals surface area contributed by atoms with Crippen LogP contribution in [0.5, 0.6) is 0 Å². The molecule has 5 nitrogen and oxygen atoms in total. The maximum Gasteiger partial charge on any atom is 0.251 e. The van der Waals surface area contributed by atoms with Crippen LogP contribution in [0.1, 0.15) is 42.0 Å². The Bertz CT molecular complexity index is 549. The maximum absolute atomic E-state index is 12.1. The van der Waals surface area contributed by atoms with Crippen molar-refractivity contribution < 1.29 is 9.32 Å². The summed E-state index contributed by atoms with van der Waals surface area (Å²) in [5.41, 5.74) is 0.615. The van der Waals surface area contributed by atoms with Crippen molar-refractivity contribution in [3.63, 3.8) is 0 Å². The van der Waals surface area contributed by atoms with E-state index in [4.69, 9.17) is 4.52 Å². The van der Waals surface area contributed by atoms with E-state index in [-0.39, 0.29) is 17.9 Å². The van der Waals surface area contributed by atoms with Crippen molar-refractivity contribution >= 4 is 5.91 Å². The molecule has 2 rings (SSSR count). The average Bonchev–Trinajstić information content (AvgIpc) is 2.82. The Labute approximate surface area is 112 Å². The van der Waals surface area contributed by atoms with Crippen LogP contribution in [0.4, 0.5) is 0 Å². The minimum atomic E-state index is -0.283. The summed E-state index contributed by atoms with van der Waals surface area (Å²) < 4.78 is 5.15. The molecule has 100 valence electrons. The predicted molar refractivity (Wildman–Crippen MR) is 70.5 cm³/mol. The van der Waals surface area contributed by atoms with Crippen LogP contribution < -0.4 is 5.32 Å². The molecule has 0 bridgehead atoms. The second-order valence-electron chi connectivity index (χ2n) is 4.74. The van der Waals surface area contributed by atoms with E-state index in [1.54, 1.807) is 19.1 Å². The molecule has 5 heteroatoms. The second-order valence-corrected chi connectivity index (χ2v) is 4.74. The van der Waals surface area contributed by atoms with Gasteiger partial charge in [0.2, 0.25) is 5.89 Å². The van der Waals surface area contributed by atoms with Crippen molar-refractivity contribution in [1.29, 1.82) is 0 Å². The molecule has 0 radical (unpaired) electrons. The van der Waals surface area contributed by atoms with Crippen molar-refractivity contribution in [2.75, 3.05) is 0 Å². The fourth-order valence-electron chi connectivity index (χ4n) is 1.77. The lowest BCUT2D eigenvalue weighted by molar-refractivity contribution is 0.0914. The van der Waals surface area contributed by atoms with E-state index in [9.17, 15) is 4.79 Å². The summed E-state index contributed by atoms with van der Waals surface area (Å²) in [6.45, 7) is 5.74. The van der Waals surface area contributed by atoms with Gasteiger partial charge >= 0.3 is 0 Å². The van der Waals surface area contributed by atoms with Gasteiger partial charge in [0.25, 0.3) is 5.91 Å². The molecule has 1 aromatic carbocycles. The zero-order chi connectivity index (χ0) is 13.8.